The van der Waals surface area contributed by atoms with Gasteiger partial charge in [0, 0.05) is 30.8 Å². The minimum Gasteiger partial charge on any atom is -0.384 e. The number of amides is 1. The van der Waals surface area contributed by atoms with Gasteiger partial charge < -0.3 is 10.6 Å². The smallest absolute Gasteiger partial charge is 0.251 e. The zero-order chi connectivity index (χ0) is 12.8. The summed E-state index contributed by atoms with van der Waals surface area (Å²) in [5.41, 5.74) is 3.11. The van der Waals surface area contributed by atoms with Crippen LogP contribution in [-0.2, 0) is 6.42 Å². The number of benzene rings is 1. The Labute approximate surface area is 108 Å². The topological polar surface area (TPSA) is 41.1 Å². The second kappa shape index (κ2) is 6.11. The largest absolute Gasteiger partial charge is 0.384 e. The molecule has 0 radical (unpaired) electrons. The van der Waals surface area contributed by atoms with Crippen molar-refractivity contribution in [2.75, 3.05) is 18.4 Å². The van der Waals surface area contributed by atoms with Crippen molar-refractivity contribution in [3.05, 3.63) is 29.3 Å². The Morgan fingerprint density at radius 1 is 1.44 bits per heavy atom. The minimum absolute atomic E-state index is 0.00722. The molecule has 94 valence electrons. The number of fused-ring (bicyclic) bond motifs is 1. The number of terminal acetylenes is 1. The summed E-state index contributed by atoms with van der Waals surface area (Å²) in [6.07, 6.45) is 8.88. The quantitative estimate of drug-likeness (QED) is 0.614. The van der Waals surface area contributed by atoms with Crippen molar-refractivity contribution in [3.8, 4) is 12.3 Å². The number of unbranched alkanes of at least 4 members (excludes halogenated alkanes) is 2. The van der Waals surface area contributed by atoms with E-state index in [0.29, 0.717) is 6.54 Å². The zero-order valence-corrected chi connectivity index (χ0v) is 10.5. The number of nitrogens with one attached hydrogen (secondary N) is 2. The molecule has 1 aromatic carbocycles. The summed E-state index contributed by atoms with van der Waals surface area (Å²) in [6, 6.07) is 5.85. The molecule has 2 N–H and O–H groups in total. The first-order chi connectivity index (χ1) is 8.81. The van der Waals surface area contributed by atoms with Crippen LogP contribution < -0.4 is 10.6 Å². The molecule has 0 saturated carbocycles. The van der Waals surface area contributed by atoms with E-state index in [0.717, 1.165) is 43.5 Å². The van der Waals surface area contributed by atoms with Crippen molar-refractivity contribution in [2.45, 2.75) is 25.7 Å². The molecule has 0 aliphatic carbocycles. The van der Waals surface area contributed by atoms with Crippen LogP contribution in [0, 0.1) is 12.3 Å². The Hall–Kier alpha value is -1.95. The van der Waals surface area contributed by atoms with Gasteiger partial charge in [0.05, 0.1) is 0 Å². The second-order valence-corrected chi connectivity index (χ2v) is 4.47. The molecule has 0 atom stereocenters. The van der Waals surface area contributed by atoms with Gasteiger partial charge in [-0.1, -0.05) is 6.07 Å². The molecule has 0 fully saturated rings. The van der Waals surface area contributed by atoms with Gasteiger partial charge in [-0.25, -0.2) is 0 Å². The predicted molar refractivity (Wildman–Crippen MR) is 73.7 cm³/mol. The maximum Gasteiger partial charge on any atom is 0.251 e. The summed E-state index contributed by atoms with van der Waals surface area (Å²) in [7, 11) is 0. The van der Waals surface area contributed by atoms with Crippen molar-refractivity contribution >= 4 is 11.6 Å². The van der Waals surface area contributed by atoms with Gasteiger partial charge in [-0.3, -0.25) is 4.79 Å². The Morgan fingerprint density at radius 3 is 3.17 bits per heavy atom. The van der Waals surface area contributed by atoms with Crippen molar-refractivity contribution in [2.24, 2.45) is 0 Å². The van der Waals surface area contributed by atoms with E-state index in [9.17, 15) is 4.79 Å². The third kappa shape index (κ3) is 3.04. The SMILES string of the molecule is C#CCCCCNC(=O)c1ccc2c(c1)NCC2. The van der Waals surface area contributed by atoms with Crippen LogP contribution in [-0.4, -0.2) is 19.0 Å². The average molecular weight is 242 g/mol. The Kier molecular flexibility index (Phi) is 4.25. The van der Waals surface area contributed by atoms with Gasteiger partial charge >= 0.3 is 0 Å². The molecule has 1 heterocycles. The molecule has 1 aromatic rings. The van der Waals surface area contributed by atoms with E-state index in [1.807, 2.05) is 18.2 Å². The molecule has 3 nitrogen and oxygen atoms in total. The molecule has 3 heteroatoms. The summed E-state index contributed by atoms with van der Waals surface area (Å²) in [5.74, 6) is 2.59. The molecule has 0 bridgehead atoms. The van der Waals surface area contributed by atoms with Crippen molar-refractivity contribution in [1.29, 1.82) is 0 Å². The van der Waals surface area contributed by atoms with Crippen molar-refractivity contribution in [1.82, 2.24) is 5.32 Å². The Bertz CT molecular complexity index is 474. The minimum atomic E-state index is -0.00722. The lowest BCUT2D eigenvalue weighted by atomic mass is 10.1. The van der Waals surface area contributed by atoms with Crippen LogP contribution in [0.1, 0.15) is 35.2 Å². The van der Waals surface area contributed by atoms with Crippen LogP contribution in [0.5, 0.6) is 0 Å². The van der Waals surface area contributed by atoms with E-state index in [1.54, 1.807) is 0 Å². The first kappa shape index (κ1) is 12.5. The van der Waals surface area contributed by atoms with Gasteiger partial charge in [0.25, 0.3) is 5.91 Å². The molecular weight excluding hydrogens is 224 g/mol. The normalized spacial score (nSPS) is 12.4. The van der Waals surface area contributed by atoms with Crippen LogP contribution in [0.2, 0.25) is 0 Å². The second-order valence-electron chi connectivity index (χ2n) is 4.47. The number of hydrogen-bond donors (Lipinski definition) is 2. The molecule has 0 aromatic heterocycles. The summed E-state index contributed by atoms with van der Waals surface area (Å²) < 4.78 is 0. The summed E-state index contributed by atoms with van der Waals surface area (Å²) in [4.78, 5) is 11.9. The highest BCUT2D eigenvalue weighted by Crippen LogP contribution is 2.23. The van der Waals surface area contributed by atoms with Gasteiger partial charge in [0.15, 0.2) is 0 Å². The number of rotatable bonds is 5. The van der Waals surface area contributed by atoms with Crippen LogP contribution in [0.25, 0.3) is 0 Å². The monoisotopic (exact) mass is 242 g/mol. The predicted octanol–water partition coefficient (Wildman–Crippen LogP) is 2.19. The fourth-order valence-corrected chi connectivity index (χ4v) is 2.09. The highest BCUT2D eigenvalue weighted by Gasteiger charge is 2.12. The highest BCUT2D eigenvalue weighted by molar-refractivity contribution is 5.95. The molecule has 1 amide bonds. The number of carbonyl (C=O) groups is 1. The molecule has 1 aliphatic rings. The number of carbonyl (C=O) groups excluding carboxylic acids is 1. The lowest BCUT2D eigenvalue weighted by Gasteiger charge is -2.06. The first-order valence-corrected chi connectivity index (χ1v) is 6.40. The van der Waals surface area contributed by atoms with Crippen LogP contribution in [0.4, 0.5) is 5.69 Å². The molecule has 1 aliphatic heterocycles. The Morgan fingerprint density at radius 2 is 2.33 bits per heavy atom. The van der Waals surface area contributed by atoms with Gasteiger partial charge in [-0.2, -0.15) is 0 Å². The molecule has 0 unspecified atom stereocenters. The van der Waals surface area contributed by atoms with E-state index >= 15 is 0 Å². The highest BCUT2D eigenvalue weighted by atomic mass is 16.1. The summed E-state index contributed by atoms with van der Waals surface area (Å²) >= 11 is 0. The van der Waals surface area contributed by atoms with Crippen LogP contribution in [0.3, 0.4) is 0 Å². The Balaban J connectivity index is 1.84. The van der Waals surface area contributed by atoms with E-state index in [-0.39, 0.29) is 5.91 Å². The average Bonchev–Trinajstić information content (AvgIpc) is 2.85. The third-order valence-corrected chi connectivity index (χ3v) is 3.12. The van der Waals surface area contributed by atoms with Gasteiger partial charge in [-0.05, 0) is 37.0 Å². The lowest BCUT2D eigenvalue weighted by Crippen LogP contribution is -2.24. The number of hydrogen-bond acceptors (Lipinski definition) is 2. The fraction of sp³-hybridized carbons (Fsp3) is 0.400. The summed E-state index contributed by atoms with van der Waals surface area (Å²) in [5, 5.41) is 6.19. The van der Waals surface area contributed by atoms with E-state index in [1.165, 1.54) is 5.56 Å². The van der Waals surface area contributed by atoms with Gasteiger partial charge in [-0.15, -0.1) is 12.3 Å². The van der Waals surface area contributed by atoms with E-state index < -0.39 is 0 Å². The third-order valence-electron chi connectivity index (χ3n) is 3.12. The van der Waals surface area contributed by atoms with E-state index in [4.69, 9.17) is 6.42 Å². The van der Waals surface area contributed by atoms with Crippen molar-refractivity contribution < 1.29 is 4.79 Å². The number of anilines is 1. The maximum absolute atomic E-state index is 11.9. The van der Waals surface area contributed by atoms with Gasteiger partial charge in [0.2, 0.25) is 0 Å². The molecule has 0 saturated heterocycles. The molecule has 0 spiro atoms. The molecule has 2 rings (SSSR count). The maximum atomic E-state index is 11.9. The molecule has 18 heavy (non-hydrogen) atoms. The zero-order valence-electron chi connectivity index (χ0n) is 10.5. The standard InChI is InChI=1S/C15H18N2O/c1-2-3-4-5-9-17-15(18)13-7-6-12-8-10-16-14(12)11-13/h1,6-7,11,16H,3-5,8-10H2,(H,17,18). The van der Waals surface area contributed by atoms with Crippen molar-refractivity contribution in [3.63, 3.8) is 0 Å². The van der Waals surface area contributed by atoms with Crippen LogP contribution >= 0.6 is 0 Å². The summed E-state index contributed by atoms with van der Waals surface area (Å²) in [6.45, 7) is 1.65. The first-order valence-electron chi connectivity index (χ1n) is 6.40. The fourth-order valence-electron chi connectivity index (χ4n) is 2.09. The molecular formula is C15H18N2O. The lowest BCUT2D eigenvalue weighted by molar-refractivity contribution is 0.0953. The van der Waals surface area contributed by atoms with Gasteiger partial charge in [0.1, 0.15) is 0 Å². The van der Waals surface area contributed by atoms with Crippen LogP contribution in [0.15, 0.2) is 18.2 Å². The van der Waals surface area contributed by atoms with E-state index in [2.05, 4.69) is 16.6 Å².